The number of nitrogens with one attached hydrogen (secondary N) is 1. The third-order valence-corrected chi connectivity index (χ3v) is 3.86. The molecule has 2 aromatic rings. The van der Waals surface area contributed by atoms with Crippen molar-refractivity contribution in [2.45, 2.75) is 25.5 Å². The average Bonchev–Trinajstić information content (AvgIpc) is 2.93. The summed E-state index contributed by atoms with van der Waals surface area (Å²) in [4.78, 5) is 0. The molecular weight excluding hydrogens is 266 g/mol. The van der Waals surface area contributed by atoms with Gasteiger partial charge in [-0.1, -0.05) is 13.0 Å². The highest BCUT2D eigenvalue weighted by Crippen LogP contribution is 2.42. The summed E-state index contributed by atoms with van der Waals surface area (Å²) < 4.78 is 13.3. The lowest BCUT2D eigenvalue weighted by atomic mass is 9.94. The van der Waals surface area contributed by atoms with E-state index in [1.807, 2.05) is 36.3 Å². The predicted molar refractivity (Wildman–Crippen MR) is 80.6 cm³/mol. The molecule has 1 aliphatic rings. The number of ether oxygens (including phenoxy) is 2. The van der Waals surface area contributed by atoms with Crippen molar-refractivity contribution < 1.29 is 9.47 Å². The van der Waals surface area contributed by atoms with Crippen molar-refractivity contribution >= 4 is 0 Å². The molecule has 0 saturated heterocycles. The lowest BCUT2D eigenvalue weighted by Crippen LogP contribution is -2.28. The summed E-state index contributed by atoms with van der Waals surface area (Å²) in [6, 6.07) is 6.31. The fraction of sp³-hybridized carbons (Fsp3) is 0.438. The predicted octanol–water partition coefficient (Wildman–Crippen LogP) is 2.60. The molecule has 5 heteroatoms. The second-order valence-corrected chi connectivity index (χ2v) is 5.30. The molecule has 0 bridgehead atoms. The number of nitrogens with zero attached hydrogens (tertiary/aromatic N) is 2. The molecule has 2 atom stereocenters. The standard InChI is InChI=1S/C16H21N3O2/c1-4-17-14-8-15(11-9-18-19(2)10-11)21-16-7-12(20-3)5-6-13(14)16/h5-7,9-10,14-15,17H,4,8H2,1-3H3. The Hall–Kier alpha value is -2.01. The van der Waals surface area contributed by atoms with Gasteiger partial charge in [0.25, 0.3) is 0 Å². The number of methoxy groups -OCH3 is 1. The zero-order valence-corrected chi connectivity index (χ0v) is 12.7. The second-order valence-electron chi connectivity index (χ2n) is 5.30. The highest BCUT2D eigenvalue weighted by Gasteiger charge is 2.29. The van der Waals surface area contributed by atoms with E-state index in [4.69, 9.17) is 9.47 Å². The monoisotopic (exact) mass is 287 g/mol. The van der Waals surface area contributed by atoms with E-state index in [0.29, 0.717) is 0 Å². The zero-order chi connectivity index (χ0) is 14.8. The SMILES string of the molecule is CCNC1CC(c2cnn(C)c2)Oc2cc(OC)ccc21. The van der Waals surface area contributed by atoms with Gasteiger partial charge < -0.3 is 14.8 Å². The van der Waals surface area contributed by atoms with Crippen molar-refractivity contribution in [2.75, 3.05) is 13.7 Å². The van der Waals surface area contributed by atoms with Crippen LogP contribution in [0.1, 0.15) is 36.6 Å². The number of hydrogen-bond donors (Lipinski definition) is 1. The molecule has 2 unspecified atom stereocenters. The number of rotatable bonds is 4. The summed E-state index contributed by atoms with van der Waals surface area (Å²) >= 11 is 0. The first-order valence-corrected chi connectivity index (χ1v) is 7.27. The Morgan fingerprint density at radius 3 is 3.00 bits per heavy atom. The van der Waals surface area contributed by atoms with Gasteiger partial charge in [0, 0.05) is 42.9 Å². The number of aromatic nitrogens is 2. The summed E-state index contributed by atoms with van der Waals surface area (Å²) in [5, 5.41) is 7.78. The minimum Gasteiger partial charge on any atom is -0.497 e. The van der Waals surface area contributed by atoms with Crippen LogP contribution >= 0.6 is 0 Å². The molecule has 0 aliphatic carbocycles. The van der Waals surface area contributed by atoms with Crippen LogP contribution in [0, 0.1) is 0 Å². The van der Waals surface area contributed by atoms with Crippen molar-refractivity contribution in [3.8, 4) is 11.5 Å². The van der Waals surface area contributed by atoms with Gasteiger partial charge in [0.1, 0.15) is 17.6 Å². The molecule has 1 aromatic heterocycles. The second kappa shape index (κ2) is 5.77. The number of aryl methyl sites for hydroxylation is 1. The van der Waals surface area contributed by atoms with Gasteiger partial charge >= 0.3 is 0 Å². The minimum absolute atomic E-state index is 0.0161. The van der Waals surface area contributed by atoms with E-state index < -0.39 is 0 Å². The fourth-order valence-corrected chi connectivity index (χ4v) is 2.82. The first-order valence-electron chi connectivity index (χ1n) is 7.27. The third-order valence-electron chi connectivity index (χ3n) is 3.86. The topological polar surface area (TPSA) is 48.3 Å². The Morgan fingerprint density at radius 1 is 1.48 bits per heavy atom. The first-order chi connectivity index (χ1) is 10.2. The summed E-state index contributed by atoms with van der Waals surface area (Å²) in [6.07, 6.45) is 4.80. The maximum absolute atomic E-state index is 6.18. The van der Waals surface area contributed by atoms with Crippen molar-refractivity contribution in [3.05, 3.63) is 41.7 Å². The summed E-state index contributed by atoms with van der Waals surface area (Å²) in [5.41, 5.74) is 2.30. The van der Waals surface area contributed by atoms with Crippen LogP contribution in [0.5, 0.6) is 11.5 Å². The Morgan fingerprint density at radius 2 is 2.33 bits per heavy atom. The molecule has 3 rings (SSSR count). The van der Waals surface area contributed by atoms with Crippen LogP contribution in [-0.4, -0.2) is 23.4 Å². The maximum atomic E-state index is 6.18. The van der Waals surface area contributed by atoms with Gasteiger partial charge in [-0.05, 0) is 12.6 Å². The fourth-order valence-electron chi connectivity index (χ4n) is 2.82. The molecule has 1 N–H and O–H groups in total. The van der Waals surface area contributed by atoms with Crippen LogP contribution < -0.4 is 14.8 Å². The molecule has 0 spiro atoms. The van der Waals surface area contributed by atoms with Crippen molar-refractivity contribution in [1.29, 1.82) is 0 Å². The molecular formula is C16H21N3O2. The lowest BCUT2D eigenvalue weighted by Gasteiger charge is -2.32. The zero-order valence-electron chi connectivity index (χ0n) is 12.7. The quantitative estimate of drug-likeness (QED) is 0.939. The Bertz CT molecular complexity index is 624. The number of hydrogen-bond acceptors (Lipinski definition) is 4. The molecule has 1 aromatic carbocycles. The van der Waals surface area contributed by atoms with Gasteiger partial charge in [-0.15, -0.1) is 0 Å². The number of benzene rings is 1. The van der Waals surface area contributed by atoms with E-state index in [2.05, 4.69) is 23.4 Å². The van der Waals surface area contributed by atoms with Crippen LogP contribution in [0.4, 0.5) is 0 Å². The van der Waals surface area contributed by atoms with Gasteiger partial charge in [-0.25, -0.2) is 0 Å². The molecule has 1 aliphatic heterocycles. The first kappa shape index (κ1) is 13.9. The van der Waals surface area contributed by atoms with Crippen LogP contribution in [-0.2, 0) is 7.05 Å². The molecule has 21 heavy (non-hydrogen) atoms. The third kappa shape index (κ3) is 2.74. The summed E-state index contributed by atoms with van der Waals surface area (Å²) in [5.74, 6) is 1.70. The summed E-state index contributed by atoms with van der Waals surface area (Å²) in [7, 11) is 3.59. The van der Waals surface area contributed by atoms with Crippen molar-refractivity contribution in [3.63, 3.8) is 0 Å². The molecule has 2 heterocycles. The van der Waals surface area contributed by atoms with E-state index in [9.17, 15) is 0 Å². The maximum Gasteiger partial charge on any atom is 0.129 e. The highest BCUT2D eigenvalue weighted by atomic mass is 16.5. The average molecular weight is 287 g/mol. The van der Waals surface area contributed by atoms with Crippen LogP contribution in [0.3, 0.4) is 0 Å². The molecule has 0 fully saturated rings. The largest absolute Gasteiger partial charge is 0.497 e. The molecule has 0 saturated carbocycles. The Labute approximate surface area is 124 Å². The molecule has 0 amide bonds. The van der Waals surface area contributed by atoms with Crippen LogP contribution in [0.2, 0.25) is 0 Å². The Balaban J connectivity index is 1.94. The highest BCUT2D eigenvalue weighted by molar-refractivity contribution is 5.44. The van der Waals surface area contributed by atoms with E-state index in [-0.39, 0.29) is 12.1 Å². The van der Waals surface area contributed by atoms with Crippen molar-refractivity contribution in [1.82, 2.24) is 15.1 Å². The van der Waals surface area contributed by atoms with E-state index in [0.717, 1.165) is 30.0 Å². The van der Waals surface area contributed by atoms with Crippen LogP contribution in [0.25, 0.3) is 0 Å². The normalized spacial score (nSPS) is 20.7. The van der Waals surface area contributed by atoms with Gasteiger partial charge in [0.2, 0.25) is 0 Å². The van der Waals surface area contributed by atoms with E-state index in [1.54, 1.807) is 7.11 Å². The molecule has 0 radical (unpaired) electrons. The smallest absolute Gasteiger partial charge is 0.129 e. The molecule has 5 nitrogen and oxygen atoms in total. The minimum atomic E-state index is 0.0161. The van der Waals surface area contributed by atoms with Crippen LogP contribution in [0.15, 0.2) is 30.6 Å². The summed E-state index contributed by atoms with van der Waals surface area (Å²) in [6.45, 7) is 3.05. The van der Waals surface area contributed by atoms with Gasteiger partial charge in [0.15, 0.2) is 0 Å². The number of fused-ring (bicyclic) bond motifs is 1. The molecule has 112 valence electrons. The van der Waals surface area contributed by atoms with E-state index >= 15 is 0 Å². The van der Waals surface area contributed by atoms with Crippen molar-refractivity contribution in [2.24, 2.45) is 7.05 Å². The Kier molecular flexibility index (Phi) is 3.84. The van der Waals surface area contributed by atoms with E-state index in [1.165, 1.54) is 5.56 Å². The van der Waals surface area contributed by atoms with Gasteiger partial charge in [0.05, 0.1) is 13.3 Å². The van der Waals surface area contributed by atoms with Gasteiger partial charge in [-0.2, -0.15) is 5.10 Å². The lowest BCUT2D eigenvalue weighted by molar-refractivity contribution is 0.151. The van der Waals surface area contributed by atoms with Gasteiger partial charge in [-0.3, -0.25) is 4.68 Å².